The Labute approximate surface area is 160 Å². The van der Waals surface area contributed by atoms with E-state index >= 15 is 0 Å². The van der Waals surface area contributed by atoms with Crippen LogP contribution in [0.2, 0.25) is 5.02 Å². The summed E-state index contributed by atoms with van der Waals surface area (Å²) in [6.45, 7) is -0.560. The molecule has 0 atom stereocenters. The van der Waals surface area contributed by atoms with Crippen LogP contribution in [-0.2, 0) is 19.6 Å². The molecule has 1 aliphatic rings. The maximum absolute atomic E-state index is 12.0. The molecular formula is C17H15ClN4O4S. The van der Waals surface area contributed by atoms with E-state index < -0.39 is 21.8 Å². The van der Waals surface area contributed by atoms with Crippen LogP contribution in [0.4, 0.5) is 5.69 Å². The molecule has 8 nitrogen and oxygen atoms in total. The Balaban J connectivity index is 1.54. The largest absolute Gasteiger partial charge is 0.345 e. The summed E-state index contributed by atoms with van der Waals surface area (Å²) in [5, 5.41) is 5.57. The van der Waals surface area contributed by atoms with Gasteiger partial charge in [-0.3, -0.25) is 19.3 Å². The summed E-state index contributed by atoms with van der Waals surface area (Å²) < 4.78 is 26.2. The Bertz CT molecular complexity index is 1020. The summed E-state index contributed by atoms with van der Waals surface area (Å²) in [6, 6.07) is 12.9. The van der Waals surface area contributed by atoms with Gasteiger partial charge in [-0.2, -0.15) is 0 Å². The molecule has 140 valence electrons. The van der Waals surface area contributed by atoms with Crippen LogP contribution in [0, 0.1) is 0 Å². The fourth-order valence-corrected chi connectivity index (χ4v) is 3.75. The van der Waals surface area contributed by atoms with Gasteiger partial charge in [0, 0.05) is 16.3 Å². The van der Waals surface area contributed by atoms with Crippen LogP contribution in [0.5, 0.6) is 0 Å². The number of nitrogens with one attached hydrogen (secondary N) is 3. The van der Waals surface area contributed by atoms with Crippen LogP contribution in [0.1, 0.15) is 5.56 Å². The topological polar surface area (TPSA) is 117 Å². The van der Waals surface area contributed by atoms with Gasteiger partial charge in [0.1, 0.15) is 12.4 Å². The number of hydrogen-bond donors (Lipinski definition) is 3. The van der Waals surface area contributed by atoms with Gasteiger partial charge in [0.05, 0.1) is 11.4 Å². The normalized spacial score (nSPS) is 15.7. The minimum Gasteiger partial charge on any atom is -0.345 e. The van der Waals surface area contributed by atoms with Gasteiger partial charge < -0.3 is 10.6 Å². The molecule has 2 aromatic carbocycles. The second kappa shape index (κ2) is 7.77. The van der Waals surface area contributed by atoms with Crippen LogP contribution in [0.15, 0.2) is 58.4 Å². The quantitative estimate of drug-likeness (QED) is 0.690. The van der Waals surface area contributed by atoms with Crippen molar-refractivity contribution in [2.45, 2.75) is 4.90 Å². The number of benzene rings is 2. The molecule has 0 spiro atoms. The number of amidine groups is 1. The number of halogens is 1. The highest BCUT2D eigenvalue weighted by molar-refractivity contribution is 7.90. The Morgan fingerprint density at radius 3 is 2.48 bits per heavy atom. The predicted molar refractivity (Wildman–Crippen MR) is 101 cm³/mol. The number of carbonyl (C=O) groups excluding carboxylic acids is 2. The number of sulfonamides is 1. The lowest BCUT2D eigenvalue weighted by atomic mass is 10.2. The molecule has 3 rings (SSSR count). The van der Waals surface area contributed by atoms with E-state index in [1.54, 1.807) is 42.5 Å². The summed E-state index contributed by atoms with van der Waals surface area (Å²) >= 11 is 5.76. The fraction of sp³-hybridized carbons (Fsp3) is 0.118. The third-order valence-electron chi connectivity index (χ3n) is 3.62. The lowest BCUT2D eigenvalue weighted by Gasteiger charge is -2.06. The SMILES string of the molecule is O=C(CN=C1NS(=O)(=O)c2ccccc21)NCC(=O)Nc1ccc(Cl)cc1. The number of anilines is 1. The minimum atomic E-state index is -3.65. The maximum Gasteiger partial charge on any atom is 0.263 e. The first-order valence-corrected chi connectivity index (χ1v) is 9.70. The van der Waals surface area contributed by atoms with E-state index in [9.17, 15) is 18.0 Å². The molecule has 1 heterocycles. The summed E-state index contributed by atoms with van der Waals surface area (Å²) in [5.41, 5.74) is 0.960. The Hall–Kier alpha value is -2.91. The second-order valence-corrected chi connectivity index (χ2v) is 7.69. The van der Waals surface area contributed by atoms with Crippen LogP contribution < -0.4 is 15.4 Å². The van der Waals surface area contributed by atoms with Crippen molar-refractivity contribution in [1.29, 1.82) is 0 Å². The van der Waals surface area contributed by atoms with E-state index in [0.717, 1.165) is 0 Å². The van der Waals surface area contributed by atoms with Crippen LogP contribution in [0.3, 0.4) is 0 Å². The van der Waals surface area contributed by atoms with Gasteiger partial charge in [-0.15, -0.1) is 0 Å². The summed E-state index contributed by atoms with van der Waals surface area (Å²) in [7, 11) is -3.65. The Kier molecular flexibility index (Phi) is 5.43. The van der Waals surface area contributed by atoms with Crippen molar-refractivity contribution in [1.82, 2.24) is 10.0 Å². The fourth-order valence-electron chi connectivity index (χ4n) is 2.38. The lowest BCUT2D eigenvalue weighted by molar-refractivity contribution is -0.123. The van der Waals surface area contributed by atoms with Gasteiger partial charge in [0.15, 0.2) is 0 Å². The van der Waals surface area contributed by atoms with E-state index in [4.69, 9.17) is 11.6 Å². The lowest BCUT2D eigenvalue weighted by Crippen LogP contribution is -2.34. The summed E-state index contributed by atoms with van der Waals surface area (Å²) in [6.07, 6.45) is 0. The van der Waals surface area contributed by atoms with Crippen LogP contribution in [-0.4, -0.2) is 39.2 Å². The molecule has 10 heteroatoms. The monoisotopic (exact) mass is 406 g/mol. The van der Waals surface area contributed by atoms with Crippen molar-refractivity contribution in [2.24, 2.45) is 4.99 Å². The third-order valence-corrected chi connectivity index (χ3v) is 5.27. The van der Waals surface area contributed by atoms with E-state index in [1.807, 2.05) is 0 Å². The van der Waals surface area contributed by atoms with E-state index in [0.29, 0.717) is 16.3 Å². The average Bonchev–Trinajstić information content (AvgIpc) is 2.91. The van der Waals surface area contributed by atoms with Gasteiger partial charge in [-0.25, -0.2) is 8.42 Å². The summed E-state index contributed by atoms with van der Waals surface area (Å²) in [4.78, 5) is 27.8. The number of hydrogen-bond acceptors (Lipinski definition) is 5. The van der Waals surface area contributed by atoms with Crippen molar-refractivity contribution in [2.75, 3.05) is 18.4 Å². The molecule has 2 amide bonds. The summed E-state index contributed by atoms with van der Waals surface area (Å²) in [5.74, 6) is -0.825. The van der Waals surface area contributed by atoms with E-state index in [2.05, 4.69) is 20.3 Å². The van der Waals surface area contributed by atoms with Crippen molar-refractivity contribution in [3.8, 4) is 0 Å². The molecule has 0 fully saturated rings. The molecule has 0 aliphatic carbocycles. The first-order chi connectivity index (χ1) is 12.8. The molecule has 0 saturated carbocycles. The first-order valence-electron chi connectivity index (χ1n) is 7.84. The van der Waals surface area contributed by atoms with Crippen molar-refractivity contribution in [3.05, 3.63) is 59.1 Å². The standard InChI is InChI=1S/C17H15ClN4O4S/c18-11-5-7-12(8-6-11)21-16(24)10-19-15(23)9-20-17-13-3-1-2-4-14(13)27(25,26)22-17/h1-8H,9-10H2,(H,19,23)(H,20,22)(H,21,24). The molecule has 0 bridgehead atoms. The number of nitrogens with zero attached hydrogens (tertiary/aromatic N) is 1. The highest BCUT2D eigenvalue weighted by Gasteiger charge is 2.30. The molecule has 1 aliphatic heterocycles. The van der Waals surface area contributed by atoms with Crippen LogP contribution in [0.25, 0.3) is 0 Å². The molecule has 0 unspecified atom stereocenters. The number of rotatable bonds is 5. The molecule has 0 aromatic heterocycles. The number of amides is 2. The first kappa shape index (κ1) is 18.9. The molecule has 0 saturated heterocycles. The van der Waals surface area contributed by atoms with Crippen molar-refractivity contribution >= 4 is 45.0 Å². The number of aliphatic imine (C=N–C) groups is 1. The van der Waals surface area contributed by atoms with Crippen molar-refractivity contribution in [3.63, 3.8) is 0 Å². The van der Waals surface area contributed by atoms with Crippen LogP contribution >= 0.6 is 11.6 Å². The zero-order valence-corrected chi connectivity index (χ0v) is 15.5. The van der Waals surface area contributed by atoms with Gasteiger partial charge >= 0.3 is 0 Å². The third kappa shape index (κ3) is 4.63. The van der Waals surface area contributed by atoms with Gasteiger partial charge in [0.25, 0.3) is 10.0 Å². The van der Waals surface area contributed by atoms with E-state index in [1.165, 1.54) is 6.07 Å². The predicted octanol–water partition coefficient (Wildman–Crippen LogP) is 1.13. The van der Waals surface area contributed by atoms with Gasteiger partial charge in [-0.1, -0.05) is 23.7 Å². The van der Waals surface area contributed by atoms with Gasteiger partial charge in [-0.05, 0) is 36.4 Å². The number of fused-ring (bicyclic) bond motifs is 1. The van der Waals surface area contributed by atoms with E-state index in [-0.39, 0.29) is 23.8 Å². The highest BCUT2D eigenvalue weighted by Crippen LogP contribution is 2.21. The highest BCUT2D eigenvalue weighted by atomic mass is 35.5. The zero-order valence-electron chi connectivity index (χ0n) is 13.9. The Morgan fingerprint density at radius 1 is 1.04 bits per heavy atom. The molecule has 3 N–H and O–H groups in total. The molecule has 2 aromatic rings. The van der Waals surface area contributed by atoms with Gasteiger partial charge in [0.2, 0.25) is 11.8 Å². The Morgan fingerprint density at radius 2 is 1.74 bits per heavy atom. The molecule has 27 heavy (non-hydrogen) atoms. The maximum atomic E-state index is 12.0. The zero-order chi connectivity index (χ0) is 19.4. The van der Waals surface area contributed by atoms with Crippen molar-refractivity contribution < 1.29 is 18.0 Å². The molecular weight excluding hydrogens is 392 g/mol. The minimum absolute atomic E-state index is 0.103. The average molecular weight is 407 g/mol. The molecule has 0 radical (unpaired) electrons. The smallest absolute Gasteiger partial charge is 0.263 e. The number of carbonyl (C=O) groups is 2. The second-order valence-electron chi connectivity index (χ2n) is 5.60.